The molecule has 1 rings (SSSR count). The predicted octanol–water partition coefficient (Wildman–Crippen LogP) is 1.27. The SMILES string of the molecule is CN(C)NS(=O)(=O)c1cc(Br)cs1. The molecule has 1 aromatic rings. The van der Waals surface area contributed by atoms with Crippen molar-refractivity contribution >= 4 is 37.3 Å². The Labute approximate surface area is 89.7 Å². The maximum atomic E-state index is 11.5. The molecular weight excluding hydrogens is 276 g/mol. The van der Waals surface area contributed by atoms with Crippen LogP contribution < -0.4 is 4.83 Å². The van der Waals surface area contributed by atoms with Crippen LogP contribution in [0.1, 0.15) is 0 Å². The molecule has 0 spiro atoms. The Morgan fingerprint density at radius 3 is 2.54 bits per heavy atom. The van der Waals surface area contributed by atoms with Crippen LogP contribution in [-0.2, 0) is 10.0 Å². The Hall–Kier alpha value is 0.0500. The normalized spacial score (nSPS) is 12.3. The van der Waals surface area contributed by atoms with E-state index in [-0.39, 0.29) is 0 Å². The van der Waals surface area contributed by atoms with Crippen molar-refractivity contribution in [1.29, 1.82) is 0 Å². The molecule has 0 unspecified atom stereocenters. The van der Waals surface area contributed by atoms with Crippen LogP contribution in [0.5, 0.6) is 0 Å². The number of nitrogens with zero attached hydrogens (tertiary/aromatic N) is 1. The number of nitrogens with one attached hydrogen (secondary N) is 1. The standard InChI is InChI=1S/C6H9BrN2O2S2/c1-9(2)8-13(10,11)6-3-5(7)4-12-6/h3-4,8H,1-2H3. The topological polar surface area (TPSA) is 49.4 Å². The molecular formula is C6H9BrN2O2S2. The minimum Gasteiger partial charge on any atom is -0.237 e. The number of halogens is 1. The fourth-order valence-corrected chi connectivity index (χ4v) is 3.64. The lowest BCUT2D eigenvalue weighted by molar-refractivity contribution is 0.364. The first-order valence-electron chi connectivity index (χ1n) is 3.35. The number of rotatable bonds is 3. The van der Waals surface area contributed by atoms with Crippen LogP contribution in [0.4, 0.5) is 0 Å². The molecule has 0 aliphatic rings. The van der Waals surface area contributed by atoms with Gasteiger partial charge in [-0.2, -0.15) is 0 Å². The van der Waals surface area contributed by atoms with E-state index in [1.54, 1.807) is 25.5 Å². The molecule has 0 saturated carbocycles. The van der Waals surface area contributed by atoms with Crippen molar-refractivity contribution in [3.63, 3.8) is 0 Å². The largest absolute Gasteiger partial charge is 0.262 e. The van der Waals surface area contributed by atoms with Gasteiger partial charge in [0.2, 0.25) is 0 Å². The first-order chi connectivity index (χ1) is 5.92. The summed E-state index contributed by atoms with van der Waals surface area (Å²) < 4.78 is 24.1. The van der Waals surface area contributed by atoms with Crippen LogP contribution in [0.25, 0.3) is 0 Å². The van der Waals surface area contributed by atoms with Crippen molar-refractivity contribution in [1.82, 2.24) is 9.84 Å². The molecule has 74 valence electrons. The Balaban J connectivity index is 2.95. The summed E-state index contributed by atoms with van der Waals surface area (Å²) in [6.45, 7) is 0. The van der Waals surface area contributed by atoms with E-state index in [0.717, 1.165) is 4.47 Å². The quantitative estimate of drug-likeness (QED) is 0.851. The van der Waals surface area contributed by atoms with E-state index in [2.05, 4.69) is 20.8 Å². The third kappa shape index (κ3) is 3.03. The van der Waals surface area contributed by atoms with Crippen molar-refractivity contribution < 1.29 is 8.42 Å². The van der Waals surface area contributed by atoms with E-state index in [0.29, 0.717) is 4.21 Å². The summed E-state index contributed by atoms with van der Waals surface area (Å²) in [6.07, 6.45) is 0. The summed E-state index contributed by atoms with van der Waals surface area (Å²) in [6, 6.07) is 1.57. The molecule has 0 aliphatic carbocycles. The zero-order chi connectivity index (χ0) is 10.1. The predicted molar refractivity (Wildman–Crippen MR) is 56.0 cm³/mol. The summed E-state index contributed by atoms with van der Waals surface area (Å²) in [5.41, 5.74) is 0. The van der Waals surface area contributed by atoms with Crippen LogP contribution in [0, 0.1) is 0 Å². The maximum absolute atomic E-state index is 11.5. The minimum absolute atomic E-state index is 0.299. The number of hydrogen-bond acceptors (Lipinski definition) is 4. The molecule has 0 aliphatic heterocycles. The maximum Gasteiger partial charge on any atom is 0.262 e. The molecule has 0 aromatic carbocycles. The van der Waals surface area contributed by atoms with Gasteiger partial charge in [0, 0.05) is 23.9 Å². The van der Waals surface area contributed by atoms with E-state index in [1.165, 1.54) is 16.3 Å². The zero-order valence-corrected chi connectivity index (χ0v) is 10.3. The van der Waals surface area contributed by atoms with Crippen molar-refractivity contribution in [2.24, 2.45) is 0 Å². The second kappa shape index (κ2) is 4.05. The molecule has 0 saturated heterocycles. The Bertz CT molecular complexity index is 385. The van der Waals surface area contributed by atoms with Gasteiger partial charge < -0.3 is 0 Å². The van der Waals surface area contributed by atoms with E-state index < -0.39 is 10.0 Å². The van der Waals surface area contributed by atoms with Crippen molar-refractivity contribution in [2.75, 3.05) is 14.1 Å². The number of sulfonamides is 1. The second-order valence-corrected chi connectivity index (χ2v) is 6.29. The summed E-state index contributed by atoms with van der Waals surface area (Å²) in [5, 5.41) is 3.12. The van der Waals surface area contributed by atoms with Gasteiger partial charge >= 0.3 is 0 Å². The third-order valence-corrected chi connectivity index (χ3v) is 4.79. The molecule has 0 fully saturated rings. The van der Waals surface area contributed by atoms with Gasteiger partial charge in [-0.15, -0.1) is 16.2 Å². The van der Waals surface area contributed by atoms with E-state index >= 15 is 0 Å². The monoisotopic (exact) mass is 284 g/mol. The van der Waals surface area contributed by atoms with Gasteiger partial charge in [0.1, 0.15) is 4.21 Å². The molecule has 1 heterocycles. The molecule has 1 aromatic heterocycles. The third-order valence-electron chi connectivity index (χ3n) is 1.11. The van der Waals surface area contributed by atoms with Crippen molar-refractivity contribution in [3.05, 3.63) is 15.9 Å². The van der Waals surface area contributed by atoms with Crippen LogP contribution in [0.15, 0.2) is 20.1 Å². The van der Waals surface area contributed by atoms with Gasteiger partial charge in [0.25, 0.3) is 10.0 Å². The summed E-state index contributed by atoms with van der Waals surface area (Å²) in [4.78, 5) is 2.34. The van der Waals surface area contributed by atoms with Gasteiger partial charge in [-0.05, 0) is 22.0 Å². The van der Waals surface area contributed by atoms with E-state index in [9.17, 15) is 8.42 Å². The van der Waals surface area contributed by atoms with Gasteiger partial charge in [-0.3, -0.25) is 0 Å². The number of hydrazine groups is 1. The molecule has 13 heavy (non-hydrogen) atoms. The highest BCUT2D eigenvalue weighted by Crippen LogP contribution is 2.23. The zero-order valence-electron chi connectivity index (χ0n) is 7.11. The fraction of sp³-hybridized carbons (Fsp3) is 0.333. The molecule has 0 radical (unpaired) electrons. The van der Waals surface area contributed by atoms with Gasteiger partial charge in [-0.1, -0.05) is 0 Å². The molecule has 0 amide bonds. The first kappa shape index (κ1) is 11.1. The van der Waals surface area contributed by atoms with Crippen LogP contribution in [0.2, 0.25) is 0 Å². The fourth-order valence-electron chi connectivity index (χ4n) is 0.721. The van der Waals surface area contributed by atoms with Crippen LogP contribution >= 0.6 is 27.3 Å². The minimum atomic E-state index is -3.37. The Kier molecular flexibility index (Phi) is 3.47. The van der Waals surface area contributed by atoms with Gasteiger partial charge in [-0.25, -0.2) is 13.4 Å². The van der Waals surface area contributed by atoms with Gasteiger partial charge in [0.15, 0.2) is 0 Å². The highest BCUT2D eigenvalue weighted by Gasteiger charge is 2.16. The van der Waals surface area contributed by atoms with Crippen molar-refractivity contribution in [2.45, 2.75) is 4.21 Å². The molecule has 0 bridgehead atoms. The van der Waals surface area contributed by atoms with Crippen LogP contribution in [-0.4, -0.2) is 27.5 Å². The highest BCUT2D eigenvalue weighted by atomic mass is 79.9. The average Bonchev–Trinajstić information content (AvgIpc) is 2.32. The van der Waals surface area contributed by atoms with Crippen molar-refractivity contribution in [3.8, 4) is 0 Å². The van der Waals surface area contributed by atoms with Crippen LogP contribution in [0.3, 0.4) is 0 Å². The lowest BCUT2D eigenvalue weighted by Gasteiger charge is -2.10. The lowest BCUT2D eigenvalue weighted by atomic mass is 10.7. The molecule has 1 N–H and O–H groups in total. The summed E-state index contributed by atoms with van der Waals surface area (Å²) in [7, 11) is -0.124. The van der Waals surface area contributed by atoms with E-state index in [4.69, 9.17) is 0 Å². The summed E-state index contributed by atoms with van der Waals surface area (Å²) in [5.74, 6) is 0. The number of thiophene rings is 1. The Morgan fingerprint density at radius 2 is 2.15 bits per heavy atom. The highest BCUT2D eigenvalue weighted by molar-refractivity contribution is 9.10. The summed E-state index contributed by atoms with van der Waals surface area (Å²) >= 11 is 4.37. The second-order valence-electron chi connectivity index (χ2n) is 2.57. The molecule has 4 nitrogen and oxygen atoms in total. The number of hydrogen-bond donors (Lipinski definition) is 1. The Morgan fingerprint density at radius 1 is 1.54 bits per heavy atom. The molecule has 0 atom stereocenters. The first-order valence-corrected chi connectivity index (χ1v) is 6.51. The molecule has 7 heteroatoms. The van der Waals surface area contributed by atoms with Gasteiger partial charge in [0.05, 0.1) is 0 Å². The average molecular weight is 285 g/mol. The lowest BCUT2D eigenvalue weighted by Crippen LogP contribution is -2.35. The smallest absolute Gasteiger partial charge is 0.237 e. The van der Waals surface area contributed by atoms with E-state index in [1.807, 2.05) is 0 Å².